The summed E-state index contributed by atoms with van der Waals surface area (Å²) in [5.41, 5.74) is 1.26. The Bertz CT molecular complexity index is 816. The summed E-state index contributed by atoms with van der Waals surface area (Å²) in [7, 11) is 3.00. The van der Waals surface area contributed by atoms with Crippen LogP contribution in [0.25, 0.3) is 0 Å². The van der Waals surface area contributed by atoms with E-state index in [9.17, 15) is 9.18 Å². The van der Waals surface area contributed by atoms with Crippen molar-refractivity contribution in [2.75, 3.05) is 39.2 Å². The summed E-state index contributed by atoms with van der Waals surface area (Å²) in [5, 5.41) is 3.17. The molecule has 2 aromatic carbocycles. The van der Waals surface area contributed by atoms with Crippen molar-refractivity contribution in [1.82, 2.24) is 4.90 Å². The Morgan fingerprint density at radius 3 is 2.59 bits per heavy atom. The number of ether oxygens (including phenoxy) is 3. The molecule has 1 aliphatic heterocycles. The van der Waals surface area contributed by atoms with Crippen LogP contribution in [0.5, 0.6) is 11.5 Å². The predicted molar refractivity (Wildman–Crippen MR) is 100 cm³/mol. The zero-order valence-corrected chi connectivity index (χ0v) is 15.8. The van der Waals surface area contributed by atoms with E-state index in [0.717, 1.165) is 5.56 Å². The van der Waals surface area contributed by atoms with Crippen molar-refractivity contribution < 1.29 is 23.4 Å². The number of halogens is 2. The van der Waals surface area contributed by atoms with Gasteiger partial charge in [-0.1, -0.05) is 23.7 Å². The molecule has 1 saturated heterocycles. The van der Waals surface area contributed by atoms with E-state index < -0.39 is 0 Å². The van der Waals surface area contributed by atoms with Crippen LogP contribution in [0.1, 0.15) is 11.7 Å². The number of hydrogen-bond acceptors (Lipinski definition) is 4. The summed E-state index contributed by atoms with van der Waals surface area (Å²) in [6.07, 6.45) is -0.313. The number of urea groups is 1. The fourth-order valence-electron chi connectivity index (χ4n) is 2.86. The third kappa shape index (κ3) is 4.43. The summed E-state index contributed by atoms with van der Waals surface area (Å²) >= 11 is 6.15. The van der Waals surface area contributed by atoms with E-state index in [0.29, 0.717) is 41.9 Å². The lowest BCUT2D eigenvalue weighted by atomic mass is 10.1. The first-order valence-electron chi connectivity index (χ1n) is 8.36. The molecule has 1 heterocycles. The molecule has 1 atom stereocenters. The molecule has 27 heavy (non-hydrogen) atoms. The molecular formula is C19H20ClFN2O4. The van der Waals surface area contributed by atoms with Gasteiger partial charge in [0.15, 0.2) is 0 Å². The number of rotatable bonds is 4. The van der Waals surface area contributed by atoms with Gasteiger partial charge in [0.1, 0.15) is 23.4 Å². The number of methoxy groups -OCH3 is 2. The van der Waals surface area contributed by atoms with Crippen molar-refractivity contribution in [1.29, 1.82) is 0 Å². The van der Waals surface area contributed by atoms with E-state index in [2.05, 4.69) is 5.32 Å². The van der Waals surface area contributed by atoms with Gasteiger partial charge in [-0.15, -0.1) is 0 Å². The molecule has 8 heteroatoms. The number of amides is 2. The van der Waals surface area contributed by atoms with Gasteiger partial charge in [-0.2, -0.15) is 0 Å². The first-order valence-corrected chi connectivity index (χ1v) is 8.74. The lowest BCUT2D eigenvalue weighted by Crippen LogP contribution is -2.44. The fraction of sp³-hybridized carbons (Fsp3) is 0.316. The van der Waals surface area contributed by atoms with Gasteiger partial charge < -0.3 is 24.4 Å². The summed E-state index contributed by atoms with van der Waals surface area (Å²) in [6, 6.07) is 8.96. The molecule has 1 N–H and O–H groups in total. The zero-order valence-electron chi connectivity index (χ0n) is 15.0. The highest BCUT2D eigenvalue weighted by Gasteiger charge is 2.26. The first-order chi connectivity index (χ1) is 13.0. The Hall–Kier alpha value is -2.51. The van der Waals surface area contributed by atoms with E-state index in [4.69, 9.17) is 25.8 Å². The van der Waals surface area contributed by atoms with Crippen LogP contribution in [0.3, 0.4) is 0 Å². The first kappa shape index (κ1) is 19.3. The van der Waals surface area contributed by atoms with Crippen molar-refractivity contribution >= 4 is 23.3 Å². The topological polar surface area (TPSA) is 60.0 Å². The van der Waals surface area contributed by atoms with Crippen LogP contribution in [-0.2, 0) is 4.74 Å². The molecular weight excluding hydrogens is 375 g/mol. The van der Waals surface area contributed by atoms with Gasteiger partial charge in [0.05, 0.1) is 38.1 Å². The SMILES string of the molecule is COc1cc(OC)c(NC(=O)N2CCOC(c3ccc(F)cc3)C2)cc1Cl. The van der Waals surface area contributed by atoms with Crippen molar-refractivity contribution in [3.63, 3.8) is 0 Å². The van der Waals surface area contributed by atoms with E-state index in [1.54, 1.807) is 29.2 Å². The quantitative estimate of drug-likeness (QED) is 0.848. The Kier molecular flexibility index (Phi) is 6.03. The van der Waals surface area contributed by atoms with Crippen LogP contribution in [-0.4, -0.2) is 44.8 Å². The Balaban J connectivity index is 1.72. The maximum absolute atomic E-state index is 13.1. The van der Waals surface area contributed by atoms with Crippen LogP contribution in [0.2, 0.25) is 5.02 Å². The van der Waals surface area contributed by atoms with Crippen LogP contribution >= 0.6 is 11.6 Å². The van der Waals surface area contributed by atoms with Crippen LogP contribution < -0.4 is 14.8 Å². The van der Waals surface area contributed by atoms with Crippen molar-refractivity contribution in [2.24, 2.45) is 0 Å². The van der Waals surface area contributed by atoms with Gasteiger partial charge in [-0.3, -0.25) is 0 Å². The molecule has 0 bridgehead atoms. The molecule has 1 fully saturated rings. The smallest absolute Gasteiger partial charge is 0.322 e. The average Bonchev–Trinajstić information content (AvgIpc) is 2.69. The molecule has 0 aromatic heterocycles. The Morgan fingerprint density at radius 2 is 1.93 bits per heavy atom. The van der Waals surface area contributed by atoms with Gasteiger partial charge in [0.25, 0.3) is 0 Å². The van der Waals surface area contributed by atoms with Gasteiger partial charge in [-0.05, 0) is 23.8 Å². The average molecular weight is 395 g/mol. The summed E-state index contributed by atoms with van der Waals surface area (Å²) < 4.78 is 29.3. The monoisotopic (exact) mass is 394 g/mol. The number of nitrogens with one attached hydrogen (secondary N) is 1. The minimum atomic E-state index is -0.313. The molecule has 2 aromatic rings. The molecule has 1 aliphatic rings. The number of carbonyl (C=O) groups is 1. The summed E-state index contributed by atoms with van der Waals surface area (Å²) in [6.45, 7) is 1.18. The molecule has 6 nitrogen and oxygen atoms in total. The van der Waals surface area contributed by atoms with Gasteiger partial charge >= 0.3 is 6.03 Å². The summed E-state index contributed by atoms with van der Waals surface area (Å²) in [5.74, 6) is 0.579. The maximum Gasteiger partial charge on any atom is 0.322 e. The van der Waals surface area contributed by atoms with E-state index >= 15 is 0 Å². The number of anilines is 1. The second kappa shape index (κ2) is 8.45. The predicted octanol–water partition coefficient (Wildman–Crippen LogP) is 4.10. The number of benzene rings is 2. The Morgan fingerprint density at radius 1 is 1.22 bits per heavy atom. The Labute approximate surface area is 161 Å². The van der Waals surface area contributed by atoms with E-state index in [-0.39, 0.29) is 18.0 Å². The normalized spacial score (nSPS) is 16.7. The largest absolute Gasteiger partial charge is 0.495 e. The minimum absolute atomic E-state index is 0.301. The number of morpholine rings is 1. The molecule has 144 valence electrons. The summed E-state index contributed by atoms with van der Waals surface area (Å²) in [4.78, 5) is 14.3. The minimum Gasteiger partial charge on any atom is -0.495 e. The molecule has 0 aliphatic carbocycles. The second-order valence-electron chi connectivity index (χ2n) is 5.97. The molecule has 2 amide bonds. The molecule has 0 radical (unpaired) electrons. The van der Waals surface area contributed by atoms with Gasteiger partial charge in [0.2, 0.25) is 0 Å². The third-order valence-corrected chi connectivity index (χ3v) is 4.61. The van der Waals surface area contributed by atoms with Gasteiger partial charge in [-0.25, -0.2) is 9.18 Å². The van der Waals surface area contributed by atoms with Crippen molar-refractivity contribution in [2.45, 2.75) is 6.10 Å². The molecule has 0 spiro atoms. The fourth-order valence-corrected chi connectivity index (χ4v) is 3.11. The highest BCUT2D eigenvalue weighted by molar-refractivity contribution is 6.32. The van der Waals surface area contributed by atoms with Crippen LogP contribution in [0.15, 0.2) is 36.4 Å². The molecule has 1 unspecified atom stereocenters. The third-order valence-electron chi connectivity index (χ3n) is 4.31. The number of nitrogens with zero attached hydrogens (tertiary/aromatic N) is 1. The molecule has 3 rings (SSSR count). The van der Waals surface area contributed by atoms with Crippen molar-refractivity contribution in [3.05, 3.63) is 52.8 Å². The van der Waals surface area contributed by atoms with E-state index in [1.165, 1.54) is 26.4 Å². The highest BCUT2D eigenvalue weighted by atomic mass is 35.5. The van der Waals surface area contributed by atoms with Crippen molar-refractivity contribution in [3.8, 4) is 11.5 Å². The standard InChI is InChI=1S/C19H20ClFN2O4/c1-25-16-10-17(26-2)15(9-14(16)20)22-19(24)23-7-8-27-18(11-23)12-3-5-13(21)6-4-12/h3-6,9-10,18H,7-8,11H2,1-2H3,(H,22,24). The lowest BCUT2D eigenvalue weighted by molar-refractivity contribution is -0.0135. The highest BCUT2D eigenvalue weighted by Crippen LogP contribution is 2.36. The van der Waals surface area contributed by atoms with Crippen LogP contribution in [0.4, 0.5) is 14.9 Å². The molecule has 0 saturated carbocycles. The number of carbonyl (C=O) groups excluding carboxylic acids is 1. The van der Waals surface area contributed by atoms with E-state index in [1.807, 2.05) is 0 Å². The second-order valence-corrected chi connectivity index (χ2v) is 6.38. The zero-order chi connectivity index (χ0) is 19.4. The number of hydrogen-bond donors (Lipinski definition) is 1. The van der Waals surface area contributed by atoms with Crippen LogP contribution in [0, 0.1) is 5.82 Å². The maximum atomic E-state index is 13.1. The van der Waals surface area contributed by atoms with Gasteiger partial charge in [0, 0.05) is 12.6 Å². The lowest BCUT2D eigenvalue weighted by Gasteiger charge is -2.33.